The second-order valence-electron chi connectivity index (χ2n) is 5.87. The summed E-state index contributed by atoms with van der Waals surface area (Å²) in [6.45, 7) is 0.422. The minimum atomic E-state index is -0.786. The molecule has 1 aliphatic rings. The van der Waals surface area contributed by atoms with Gasteiger partial charge in [0.1, 0.15) is 19.0 Å². The fourth-order valence-electron chi connectivity index (χ4n) is 2.75. The van der Waals surface area contributed by atoms with Gasteiger partial charge >= 0.3 is 5.69 Å². The van der Waals surface area contributed by atoms with E-state index in [1.807, 2.05) is 0 Å². The molecule has 0 radical (unpaired) electrons. The molecule has 11 heteroatoms. The third-order valence-electron chi connectivity index (χ3n) is 4.07. The second-order valence-corrected chi connectivity index (χ2v) is 7.30. The first kappa shape index (κ1) is 17.8. The molecule has 0 aromatic carbocycles. The zero-order chi connectivity index (χ0) is 18.1. The molecule has 0 amide bonds. The highest BCUT2D eigenvalue weighted by Gasteiger charge is 2.35. The normalized spacial score (nSPS) is 23.3. The molecule has 1 saturated heterocycles. The van der Waals surface area contributed by atoms with Crippen molar-refractivity contribution in [2.24, 2.45) is 0 Å². The van der Waals surface area contributed by atoms with Crippen molar-refractivity contribution in [3.8, 4) is 0 Å². The highest BCUT2D eigenvalue weighted by molar-refractivity contribution is 8.00. The lowest BCUT2D eigenvalue weighted by molar-refractivity contribution is 0.137. The van der Waals surface area contributed by atoms with E-state index in [0.717, 1.165) is 4.57 Å². The van der Waals surface area contributed by atoms with Crippen molar-refractivity contribution in [1.29, 1.82) is 0 Å². The Morgan fingerprint density at radius 2 is 2.16 bits per heavy atom. The predicted molar refractivity (Wildman–Crippen MR) is 88.1 cm³/mol. The van der Waals surface area contributed by atoms with E-state index in [2.05, 4.69) is 10.3 Å². The molecule has 9 nitrogen and oxygen atoms in total. The van der Waals surface area contributed by atoms with Gasteiger partial charge in [-0.3, -0.25) is 9.36 Å². The van der Waals surface area contributed by atoms with Gasteiger partial charge < -0.3 is 10.2 Å². The Balaban J connectivity index is 1.98. The van der Waals surface area contributed by atoms with Crippen molar-refractivity contribution in [1.82, 2.24) is 24.1 Å². The van der Waals surface area contributed by atoms with Gasteiger partial charge in [-0.25, -0.2) is 18.4 Å². The quantitative estimate of drug-likeness (QED) is 0.711. The third kappa shape index (κ3) is 3.39. The smallest absolute Gasteiger partial charge is 0.333 e. The molecule has 1 aliphatic heterocycles. The molecule has 0 bridgehead atoms. The van der Waals surface area contributed by atoms with Gasteiger partial charge in [0.15, 0.2) is 0 Å². The first-order chi connectivity index (χ1) is 11.9. The lowest BCUT2D eigenvalue weighted by Gasteiger charge is -2.16. The number of alkyl halides is 1. The molecule has 0 aliphatic carbocycles. The van der Waals surface area contributed by atoms with Crippen LogP contribution in [-0.2, 0) is 13.3 Å². The SMILES string of the molecule is Cc1cn(C2CC(O)[C@@H](CO)S2)c(=O)n(Cn2cc(C[18F])nn2)c1=O. The van der Waals surface area contributed by atoms with Crippen LogP contribution in [0.5, 0.6) is 0 Å². The fourth-order valence-corrected chi connectivity index (χ4v) is 4.13. The van der Waals surface area contributed by atoms with Crippen LogP contribution < -0.4 is 11.2 Å². The van der Waals surface area contributed by atoms with Crippen molar-refractivity contribution >= 4 is 11.8 Å². The molecule has 3 atom stereocenters. The topological polar surface area (TPSA) is 115 Å². The van der Waals surface area contributed by atoms with E-state index in [0.29, 0.717) is 12.0 Å². The van der Waals surface area contributed by atoms with E-state index >= 15 is 0 Å². The summed E-state index contributed by atoms with van der Waals surface area (Å²) in [7, 11) is 0. The molecule has 2 N–H and O–H groups in total. The summed E-state index contributed by atoms with van der Waals surface area (Å²) in [6.07, 6.45) is 2.35. The molecule has 2 aromatic heterocycles. The number of hydrogen-bond acceptors (Lipinski definition) is 7. The van der Waals surface area contributed by atoms with Gasteiger partial charge in [-0.15, -0.1) is 16.9 Å². The Bertz CT molecular complexity index is 879. The van der Waals surface area contributed by atoms with Gasteiger partial charge in [-0.05, 0) is 6.92 Å². The number of aryl methyl sites for hydroxylation is 1. The van der Waals surface area contributed by atoms with Crippen molar-refractivity contribution in [3.05, 3.63) is 44.5 Å². The maximum atomic E-state index is 12.7. The lowest BCUT2D eigenvalue weighted by Crippen LogP contribution is -2.42. The number of aromatic nitrogens is 5. The van der Waals surface area contributed by atoms with Crippen LogP contribution in [0.1, 0.15) is 23.1 Å². The predicted octanol–water partition coefficient (Wildman–Crippen LogP) is -0.757. The molecular formula is C14H18FN5O4S. The van der Waals surface area contributed by atoms with Crippen LogP contribution in [0.2, 0.25) is 0 Å². The van der Waals surface area contributed by atoms with E-state index in [-0.39, 0.29) is 29.6 Å². The van der Waals surface area contributed by atoms with E-state index in [1.165, 1.54) is 33.4 Å². The summed E-state index contributed by atoms with van der Waals surface area (Å²) in [4.78, 5) is 25.1. The van der Waals surface area contributed by atoms with E-state index < -0.39 is 24.0 Å². The van der Waals surface area contributed by atoms with Crippen molar-refractivity contribution in [2.75, 3.05) is 6.61 Å². The highest BCUT2D eigenvalue weighted by atomic mass is 32.2. The van der Waals surface area contributed by atoms with Crippen LogP contribution in [0.3, 0.4) is 0 Å². The molecule has 3 rings (SSSR count). The average Bonchev–Trinajstić information content (AvgIpc) is 3.20. The molecule has 0 saturated carbocycles. The van der Waals surface area contributed by atoms with Gasteiger partial charge in [0.25, 0.3) is 5.56 Å². The molecule has 3 heterocycles. The van der Waals surface area contributed by atoms with Gasteiger partial charge in [0, 0.05) is 18.2 Å². The molecular weight excluding hydrogens is 352 g/mol. The Kier molecular flexibility index (Phi) is 5.06. The summed E-state index contributed by atoms with van der Waals surface area (Å²) in [5.74, 6) is 0. The van der Waals surface area contributed by atoms with E-state index in [4.69, 9.17) is 0 Å². The zero-order valence-electron chi connectivity index (χ0n) is 13.4. The summed E-state index contributed by atoms with van der Waals surface area (Å²) in [5, 5.41) is 25.7. The van der Waals surface area contributed by atoms with Crippen molar-refractivity contribution in [3.63, 3.8) is 0 Å². The first-order valence-corrected chi connectivity index (χ1v) is 8.60. The van der Waals surface area contributed by atoms with Gasteiger partial charge in [0.05, 0.1) is 29.5 Å². The van der Waals surface area contributed by atoms with Crippen LogP contribution in [-0.4, -0.2) is 52.3 Å². The van der Waals surface area contributed by atoms with Crippen molar-refractivity contribution < 1.29 is 14.6 Å². The summed E-state index contributed by atoms with van der Waals surface area (Å²) in [6, 6.07) is 0. The highest BCUT2D eigenvalue weighted by Crippen LogP contribution is 2.40. The van der Waals surface area contributed by atoms with E-state index in [9.17, 15) is 24.2 Å². The van der Waals surface area contributed by atoms with Crippen LogP contribution in [0.25, 0.3) is 0 Å². The summed E-state index contributed by atoms with van der Waals surface area (Å²) >= 11 is 1.29. The maximum absolute atomic E-state index is 12.7. The van der Waals surface area contributed by atoms with Crippen molar-refractivity contribution in [2.45, 2.75) is 43.4 Å². The standard InChI is InChI=1S/C14H18FN5O4S/c1-8-4-19(12-2-10(22)11(6-21)25-12)14(24)20(13(8)23)7-18-5-9(3-15)16-17-18/h4-5,10-12,21-22H,2-3,6-7H2,1H3/t10?,11-,12?/m1/s1/i15-1. The first-order valence-electron chi connectivity index (χ1n) is 7.66. The number of hydrogen-bond donors (Lipinski definition) is 2. The molecule has 136 valence electrons. The number of rotatable bonds is 5. The van der Waals surface area contributed by atoms with Crippen LogP contribution >= 0.6 is 11.8 Å². The minimum absolute atomic E-state index is 0.112. The van der Waals surface area contributed by atoms with Gasteiger partial charge in [0.2, 0.25) is 0 Å². The van der Waals surface area contributed by atoms with Crippen LogP contribution in [0.4, 0.5) is 4.39 Å². The van der Waals surface area contributed by atoms with Crippen LogP contribution in [0.15, 0.2) is 22.0 Å². The Morgan fingerprint density at radius 3 is 2.76 bits per heavy atom. The largest absolute Gasteiger partial charge is 0.395 e. The maximum Gasteiger partial charge on any atom is 0.333 e. The molecule has 1 fully saturated rings. The van der Waals surface area contributed by atoms with Crippen LogP contribution in [0, 0.1) is 6.92 Å². The minimum Gasteiger partial charge on any atom is -0.395 e. The number of thioether (sulfide) groups is 1. The molecule has 2 aromatic rings. The third-order valence-corrected chi connectivity index (χ3v) is 5.62. The fraction of sp³-hybridized carbons (Fsp3) is 0.571. The van der Waals surface area contributed by atoms with E-state index in [1.54, 1.807) is 6.92 Å². The number of aliphatic hydroxyl groups is 2. The summed E-state index contributed by atoms with van der Waals surface area (Å²) in [5.41, 5.74) is -0.564. The number of halogens is 1. The van der Waals surface area contributed by atoms with Gasteiger partial charge in [-0.2, -0.15) is 0 Å². The Morgan fingerprint density at radius 1 is 1.40 bits per heavy atom. The monoisotopic (exact) mass is 370 g/mol. The second kappa shape index (κ2) is 7.10. The number of nitrogens with zero attached hydrogens (tertiary/aromatic N) is 5. The average molecular weight is 370 g/mol. The molecule has 2 unspecified atom stereocenters. The Labute approximate surface area is 145 Å². The Hall–Kier alpha value is -1.98. The van der Waals surface area contributed by atoms with Gasteiger partial charge in [-0.1, -0.05) is 5.21 Å². The molecule has 0 spiro atoms. The molecule has 25 heavy (non-hydrogen) atoms. The lowest BCUT2D eigenvalue weighted by atomic mass is 10.2. The number of aliphatic hydroxyl groups excluding tert-OH is 2. The zero-order valence-corrected chi connectivity index (χ0v) is 14.3. The summed E-state index contributed by atoms with van der Waals surface area (Å²) < 4.78 is 16.2.